The third-order valence-corrected chi connectivity index (χ3v) is 7.63. The van der Waals surface area contributed by atoms with Crippen molar-refractivity contribution in [2.24, 2.45) is 0 Å². The Balaban J connectivity index is 1.33. The molecule has 1 atom stereocenters. The van der Waals surface area contributed by atoms with Gasteiger partial charge in [0.1, 0.15) is 12.4 Å². The zero-order chi connectivity index (χ0) is 23.1. The zero-order valence-electron chi connectivity index (χ0n) is 20.2. The van der Waals surface area contributed by atoms with Gasteiger partial charge in [-0.3, -0.25) is 5.10 Å². The first-order valence-electron chi connectivity index (χ1n) is 12.5. The van der Waals surface area contributed by atoms with Crippen LogP contribution in [0.3, 0.4) is 0 Å². The monoisotopic (exact) mass is 462 g/mol. The first-order chi connectivity index (χ1) is 16.7. The molecule has 3 aliphatic heterocycles. The summed E-state index contributed by atoms with van der Waals surface area (Å²) in [7, 11) is 2.18. The summed E-state index contributed by atoms with van der Waals surface area (Å²) in [5, 5.41) is 12.0. The summed E-state index contributed by atoms with van der Waals surface area (Å²) < 4.78 is 6.24. The van der Waals surface area contributed by atoms with Crippen LogP contribution in [0.25, 0.3) is 10.9 Å². The van der Waals surface area contributed by atoms with E-state index in [-0.39, 0.29) is 0 Å². The maximum Gasteiger partial charge on any atom is 0.318 e. The Labute approximate surface area is 200 Å². The quantitative estimate of drug-likeness (QED) is 0.596. The number of nitrogens with zero attached hydrogens (tertiary/aromatic N) is 6. The van der Waals surface area contributed by atoms with Gasteiger partial charge in [-0.2, -0.15) is 15.1 Å². The number of aryl methyl sites for hydroxylation is 1. The lowest BCUT2D eigenvalue weighted by atomic mass is 10.0. The van der Waals surface area contributed by atoms with Gasteiger partial charge in [-0.15, -0.1) is 0 Å². The molecule has 180 valence electrons. The third-order valence-electron chi connectivity index (χ3n) is 7.63. The molecule has 0 saturated carbocycles. The van der Waals surface area contributed by atoms with Gasteiger partial charge in [-0.1, -0.05) is 6.07 Å². The van der Waals surface area contributed by atoms with Crippen molar-refractivity contribution >= 4 is 22.4 Å². The Morgan fingerprint density at radius 2 is 1.97 bits per heavy atom. The minimum atomic E-state index is 0.445. The summed E-state index contributed by atoms with van der Waals surface area (Å²) >= 11 is 0. The first kappa shape index (κ1) is 21.6. The number of ether oxygens (including phenoxy) is 1. The Kier molecular flexibility index (Phi) is 5.74. The average molecular weight is 463 g/mol. The predicted molar refractivity (Wildman–Crippen MR) is 134 cm³/mol. The van der Waals surface area contributed by atoms with Gasteiger partial charge in [0.2, 0.25) is 0 Å². The molecule has 3 aromatic rings. The van der Waals surface area contributed by atoms with Crippen LogP contribution in [-0.2, 0) is 13.0 Å². The van der Waals surface area contributed by atoms with E-state index in [4.69, 9.17) is 14.7 Å². The van der Waals surface area contributed by atoms with Crippen LogP contribution in [0.1, 0.15) is 29.7 Å². The number of nitrogens with one attached hydrogen (secondary N) is 2. The van der Waals surface area contributed by atoms with E-state index in [1.807, 2.05) is 6.20 Å². The van der Waals surface area contributed by atoms with E-state index in [1.54, 1.807) is 0 Å². The smallest absolute Gasteiger partial charge is 0.318 e. The molecule has 2 aromatic heterocycles. The highest BCUT2D eigenvalue weighted by Crippen LogP contribution is 2.35. The van der Waals surface area contributed by atoms with Gasteiger partial charge in [0.15, 0.2) is 0 Å². The van der Waals surface area contributed by atoms with Crippen molar-refractivity contribution in [1.82, 2.24) is 30.4 Å². The fourth-order valence-corrected chi connectivity index (χ4v) is 5.67. The number of aromatic amines is 1. The standard InChI is InChI=1S/C25H34N8O/c1-17-5-6-21-20(14-27-30-21)23(17)33-11-7-19-22(15-33)28-25(34-16-18-4-3-10-31(18)2)29-24(19)32-12-8-26-9-13-32/h5-6,14,18,26H,3-4,7-13,15-16H2,1-2H3,(H,27,30). The van der Waals surface area contributed by atoms with Crippen LogP contribution in [0, 0.1) is 6.92 Å². The second kappa shape index (κ2) is 9.03. The van der Waals surface area contributed by atoms with Crippen LogP contribution >= 0.6 is 0 Å². The van der Waals surface area contributed by atoms with Gasteiger partial charge in [0.25, 0.3) is 0 Å². The Bertz CT molecular complexity index is 1170. The molecule has 1 unspecified atom stereocenters. The van der Waals surface area contributed by atoms with Crippen LogP contribution in [0.15, 0.2) is 18.3 Å². The number of benzene rings is 1. The fourth-order valence-electron chi connectivity index (χ4n) is 5.67. The lowest BCUT2D eigenvalue weighted by molar-refractivity contribution is 0.187. The summed E-state index contributed by atoms with van der Waals surface area (Å²) in [5.74, 6) is 1.07. The number of anilines is 2. The molecule has 0 aliphatic carbocycles. The molecule has 2 fully saturated rings. The third kappa shape index (κ3) is 3.96. The van der Waals surface area contributed by atoms with E-state index in [0.717, 1.165) is 69.3 Å². The molecule has 0 spiro atoms. The number of rotatable bonds is 5. The SMILES string of the molecule is Cc1ccc2[nH]ncc2c1N1CCc2c(nc(OCC3CCCN3C)nc2N2CCNCC2)C1. The van der Waals surface area contributed by atoms with Crippen molar-refractivity contribution in [3.05, 3.63) is 35.2 Å². The van der Waals surface area contributed by atoms with Crippen LogP contribution in [0.2, 0.25) is 0 Å². The minimum Gasteiger partial charge on any atom is -0.462 e. The van der Waals surface area contributed by atoms with Crippen LogP contribution in [0.4, 0.5) is 11.5 Å². The second-order valence-corrected chi connectivity index (χ2v) is 9.81. The molecule has 2 saturated heterocycles. The molecule has 34 heavy (non-hydrogen) atoms. The number of likely N-dealkylation sites (N-methyl/N-ethyl adjacent to an activating group) is 1. The molecular formula is C25H34N8O. The Morgan fingerprint density at radius 1 is 1.09 bits per heavy atom. The van der Waals surface area contributed by atoms with E-state index in [2.05, 4.69) is 56.3 Å². The van der Waals surface area contributed by atoms with E-state index in [1.165, 1.54) is 35.0 Å². The highest BCUT2D eigenvalue weighted by Gasteiger charge is 2.29. The molecule has 0 bridgehead atoms. The van der Waals surface area contributed by atoms with Gasteiger partial charge >= 0.3 is 6.01 Å². The molecule has 0 radical (unpaired) electrons. The molecule has 3 aliphatic rings. The summed E-state index contributed by atoms with van der Waals surface area (Å²) in [5.41, 5.74) is 5.94. The topological polar surface area (TPSA) is 85.4 Å². The van der Waals surface area contributed by atoms with Crippen molar-refractivity contribution < 1.29 is 4.74 Å². The number of likely N-dealkylation sites (tertiary alicyclic amines) is 1. The number of hydrogen-bond donors (Lipinski definition) is 2. The number of aromatic nitrogens is 4. The van der Waals surface area contributed by atoms with E-state index in [0.29, 0.717) is 18.7 Å². The van der Waals surface area contributed by atoms with Gasteiger partial charge < -0.3 is 24.8 Å². The molecule has 5 heterocycles. The summed E-state index contributed by atoms with van der Waals surface area (Å²) in [6.07, 6.45) is 5.27. The lowest BCUT2D eigenvalue weighted by Gasteiger charge is -2.35. The van der Waals surface area contributed by atoms with Crippen LogP contribution in [0.5, 0.6) is 6.01 Å². The summed E-state index contributed by atoms with van der Waals surface area (Å²) in [6.45, 7) is 9.54. The molecule has 9 heteroatoms. The van der Waals surface area contributed by atoms with Crippen molar-refractivity contribution in [3.63, 3.8) is 0 Å². The summed E-state index contributed by atoms with van der Waals surface area (Å²) in [6, 6.07) is 5.24. The van der Waals surface area contributed by atoms with Crippen molar-refractivity contribution in [3.8, 4) is 6.01 Å². The van der Waals surface area contributed by atoms with Gasteiger partial charge in [0.05, 0.1) is 29.6 Å². The van der Waals surface area contributed by atoms with Crippen LogP contribution in [-0.4, -0.2) is 84.0 Å². The highest BCUT2D eigenvalue weighted by molar-refractivity contribution is 5.93. The van der Waals surface area contributed by atoms with Gasteiger partial charge in [-0.25, -0.2) is 0 Å². The Hall–Kier alpha value is -2.91. The van der Waals surface area contributed by atoms with E-state index in [9.17, 15) is 0 Å². The van der Waals surface area contributed by atoms with E-state index >= 15 is 0 Å². The maximum atomic E-state index is 6.24. The molecular weight excluding hydrogens is 428 g/mol. The van der Waals surface area contributed by atoms with E-state index < -0.39 is 0 Å². The normalized spacial score (nSPS) is 21.3. The molecule has 9 nitrogen and oxygen atoms in total. The maximum absolute atomic E-state index is 6.24. The zero-order valence-corrected chi connectivity index (χ0v) is 20.2. The minimum absolute atomic E-state index is 0.445. The predicted octanol–water partition coefficient (Wildman–Crippen LogP) is 2.11. The highest BCUT2D eigenvalue weighted by atomic mass is 16.5. The molecule has 0 amide bonds. The number of fused-ring (bicyclic) bond motifs is 2. The number of piperazine rings is 1. The largest absolute Gasteiger partial charge is 0.462 e. The van der Waals surface area contributed by atoms with Crippen LogP contribution < -0.4 is 19.9 Å². The summed E-state index contributed by atoms with van der Waals surface area (Å²) in [4.78, 5) is 17.2. The second-order valence-electron chi connectivity index (χ2n) is 9.81. The first-order valence-corrected chi connectivity index (χ1v) is 12.5. The molecule has 2 N–H and O–H groups in total. The van der Waals surface area contributed by atoms with Crippen molar-refractivity contribution in [2.75, 3.05) is 62.7 Å². The number of H-pyrrole nitrogens is 1. The van der Waals surface area contributed by atoms with Gasteiger partial charge in [-0.05, 0) is 51.4 Å². The average Bonchev–Trinajstić information content (AvgIpc) is 3.51. The van der Waals surface area contributed by atoms with Gasteiger partial charge in [0, 0.05) is 49.7 Å². The number of hydrogen-bond acceptors (Lipinski definition) is 8. The van der Waals surface area contributed by atoms with Crippen molar-refractivity contribution in [1.29, 1.82) is 0 Å². The van der Waals surface area contributed by atoms with Crippen molar-refractivity contribution in [2.45, 2.75) is 38.8 Å². The lowest BCUT2D eigenvalue weighted by Crippen LogP contribution is -2.45. The Morgan fingerprint density at radius 3 is 2.79 bits per heavy atom. The fraction of sp³-hybridized carbons (Fsp3) is 0.560. The molecule has 1 aromatic carbocycles. The molecule has 6 rings (SSSR count).